The Morgan fingerprint density at radius 3 is 2.65 bits per heavy atom. The smallest absolute Gasteiger partial charge is 0.286 e. The van der Waals surface area contributed by atoms with E-state index in [1.54, 1.807) is 0 Å². The summed E-state index contributed by atoms with van der Waals surface area (Å²) in [6.45, 7) is 0.525. The third-order valence-corrected chi connectivity index (χ3v) is 4.74. The number of pyridine rings is 1. The molecule has 1 heterocycles. The number of nitro groups is 1. The first-order chi connectivity index (χ1) is 7.97. The third-order valence-electron chi connectivity index (χ3n) is 2.99. The molecule has 5 nitrogen and oxygen atoms in total. The first-order valence-corrected chi connectivity index (χ1v) is 6.99. The van der Waals surface area contributed by atoms with Gasteiger partial charge in [-0.1, -0.05) is 15.9 Å². The Hall–Kier alpha value is -0.690. The van der Waals surface area contributed by atoms with Crippen LogP contribution in [0, 0.1) is 15.5 Å². The van der Waals surface area contributed by atoms with Gasteiger partial charge in [0.2, 0.25) is 0 Å². The summed E-state index contributed by atoms with van der Waals surface area (Å²) in [6.07, 6.45) is 3.41. The number of rotatable bonds is 4. The van der Waals surface area contributed by atoms with E-state index in [-0.39, 0.29) is 21.1 Å². The maximum Gasteiger partial charge on any atom is 0.286 e. The number of hydrogen-bond donors (Lipinski definition) is 0. The van der Waals surface area contributed by atoms with Crippen LogP contribution in [0.4, 0.5) is 5.69 Å². The van der Waals surface area contributed by atoms with E-state index in [9.17, 15) is 14.9 Å². The van der Waals surface area contributed by atoms with Crippen LogP contribution in [0.1, 0.15) is 12.8 Å². The zero-order chi connectivity index (χ0) is 12.6. The van der Waals surface area contributed by atoms with Gasteiger partial charge in [-0.15, -0.1) is 0 Å². The number of halogens is 2. The van der Waals surface area contributed by atoms with Crippen molar-refractivity contribution in [2.24, 2.45) is 5.41 Å². The number of alkyl halides is 1. The maximum atomic E-state index is 11.8. The summed E-state index contributed by atoms with van der Waals surface area (Å²) in [5.74, 6) is 0. The van der Waals surface area contributed by atoms with Gasteiger partial charge in [-0.2, -0.15) is 0 Å². The zero-order valence-corrected chi connectivity index (χ0v) is 12.0. The monoisotopic (exact) mass is 364 g/mol. The van der Waals surface area contributed by atoms with Crippen LogP contribution >= 0.6 is 31.9 Å². The van der Waals surface area contributed by atoms with E-state index in [1.165, 1.54) is 16.8 Å². The maximum absolute atomic E-state index is 11.8. The highest BCUT2D eigenvalue weighted by atomic mass is 79.9. The molecule has 0 saturated heterocycles. The molecule has 0 aliphatic heterocycles. The van der Waals surface area contributed by atoms with Gasteiger partial charge in [0.15, 0.2) is 0 Å². The molecule has 1 fully saturated rings. The molecule has 1 aromatic rings. The average Bonchev–Trinajstić information content (AvgIpc) is 3.05. The van der Waals surface area contributed by atoms with E-state index in [1.807, 2.05) is 0 Å². The van der Waals surface area contributed by atoms with Crippen LogP contribution in [0.2, 0.25) is 0 Å². The minimum absolute atomic E-state index is 0.0677. The Morgan fingerprint density at radius 2 is 2.18 bits per heavy atom. The Bertz CT molecular complexity index is 523. The molecule has 1 aliphatic rings. The van der Waals surface area contributed by atoms with Crippen molar-refractivity contribution < 1.29 is 4.92 Å². The zero-order valence-electron chi connectivity index (χ0n) is 8.86. The van der Waals surface area contributed by atoms with Crippen molar-refractivity contribution in [1.82, 2.24) is 4.57 Å². The van der Waals surface area contributed by atoms with Crippen molar-refractivity contribution in [2.75, 3.05) is 5.33 Å². The fourth-order valence-electron chi connectivity index (χ4n) is 1.67. The van der Waals surface area contributed by atoms with Gasteiger partial charge in [0.25, 0.3) is 11.2 Å². The summed E-state index contributed by atoms with van der Waals surface area (Å²) < 4.78 is 1.66. The predicted molar refractivity (Wildman–Crippen MR) is 70.5 cm³/mol. The number of aromatic nitrogens is 1. The van der Waals surface area contributed by atoms with Crippen LogP contribution in [0.25, 0.3) is 0 Å². The molecule has 0 bridgehead atoms. The lowest BCUT2D eigenvalue weighted by atomic mass is 10.1. The van der Waals surface area contributed by atoms with Crippen molar-refractivity contribution >= 4 is 37.5 Å². The minimum Gasteiger partial charge on any atom is -0.307 e. The van der Waals surface area contributed by atoms with Crippen molar-refractivity contribution in [3.05, 3.63) is 37.2 Å². The molecule has 0 unspecified atom stereocenters. The normalized spacial score (nSPS) is 16.8. The van der Waals surface area contributed by atoms with E-state index in [4.69, 9.17) is 0 Å². The first-order valence-electron chi connectivity index (χ1n) is 5.08. The van der Waals surface area contributed by atoms with Crippen LogP contribution < -0.4 is 5.56 Å². The van der Waals surface area contributed by atoms with Crippen LogP contribution in [0.15, 0.2) is 21.5 Å². The van der Waals surface area contributed by atoms with Crippen LogP contribution in [-0.4, -0.2) is 14.8 Å². The Labute approximate surface area is 114 Å². The summed E-state index contributed by atoms with van der Waals surface area (Å²) in [6, 6.07) is 1.24. The summed E-state index contributed by atoms with van der Waals surface area (Å²) >= 11 is 6.49. The topological polar surface area (TPSA) is 65.1 Å². The molecule has 17 heavy (non-hydrogen) atoms. The molecule has 0 spiro atoms. The summed E-state index contributed by atoms with van der Waals surface area (Å²) in [5.41, 5.74) is -0.192. The summed E-state index contributed by atoms with van der Waals surface area (Å²) in [4.78, 5) is 22.1. The first kappa shape index (κ1) is 12.8. The molecule has 0 N–H and O–H groups in total. The Balaban J connectivity index is 2.39. The van der Waals surface area contributed by atoms with Gasteiger partial charge in [-0.05, 0) is 34.2 Å². The second-order valence-electron chi connectivity index (χ2n) is 4.37. The Kier molecular flexibility index (Phi) is 3.40. The van der Waals surface area contributed by atoms with Gasteiger partial charge >= 0.3 is 0 Å². The van der Waals surface area contributed by atoms with Gasteiger partial charge in [0.1, 0.15) is 0 Å². The summed E-state index contributed by atoms with van der Waals surface area (Å²) in [5, 5.41) is 11.5. The number of hydrogen-bond acceptors (Lipinski definition) is 3. The largest absolute Gasteiger partial charge is 0.307 e. The third kappa shape index (κ3) is 2.60. The molecule has 7 heteroatoms. The van der Waals surface area contributed by atoms with Gasteiger partial charge in [0.05, 0.1) is 15.6 Å². The molecule has 92 valence electrons. The average molecular weight is 366 g/mol. The highest BCUT2D eigenvalue weighted by Crippen LogP contribution is 2.48. The lowest BCUT2D eigenvalue weighted by Gasteiger charge is -2.13. The second kappa shape index (κ2) is 4.53. The van der Waals surface area contributed by atoms with E-state index < -0.39 is 4.92 Å². The molecular weight excluding hydrogens is 356 g/mol. The van der Waals surface area contributed by atoms with E-state index >= 15 is 0 Å². The molecule has 0 atom stereocenters. The van der Waals surface area contributed by atoms with Crippen molar-refractivity contribution in [3.8, 4) is 0 Å². The van der Waals surface area contributed by atoms with Gasteiger partial charge in [-0.3, -0.25) is 14.9 Å². The fourth-order valence-corrected chi connectivity index (χ4v) is 2.87. The fraction of sp³-hybridized carbons (Fsp3) is 0.500. The summed E-state index contributed by atoms with van der Waals surface area (Å²) in [7, 11) is 0. The predicted octanol–water partition coefficient (Wildman–Crippen LogP) is 2.69. The van der Waals surface area contributed by atoms with E-state index in [2.05, 4.69) is 31.9 Å². The van der Waals surface area contributed by atoms with Crippen molar-refractivity contribution in [2.45, 2.75) is 19.4 Å². The molecule has 0 amide bonds. The Morgan fingerprint density at radius 1 is 1.53 bits per heavy atom. The molecule has 2 rings (SSSR count). The lowest BCUT2D eigenvalue weighted by Crippen LogP contribution is -2.25. The lowest BCUT2D eigenvalue weighted by molar-refractivity contribution is -0.385. The van der Waals surface area contributed by atoms with E-state index in [0.717, 1.165) is 18.2 Å². The van der Waals surface area contributed by atoms with Crippen molar-refractivity contribution in [1.29, 1.82) is 0 Å². The molecule has 0 radical (unpaired) electrons. The van der Waals surface area contributed by atoms with E-state index in [0.29, 0.717) is 6.54 Å². The second-order valence-corrected chi connectivity index (χ2v) is 5.79. The van der Waals surface area contributed by atoms with Crippen LogP contribution in [-0.2, 0) is 6.54 Å². The highest BCUT2D eigenvalue weighted by Gasteiger charge is 2.42. The molecule has 1 saturated carbocycles. The van der Waals surface area contributed by atoms with Gasteiger partial charge in [0, 0.05) is 17.9 Å². The van der Waals surface area contributed by atoms with Gasteiger partial charge < -0.3 is 4.57 Å². The molecule has 0 aromatic carbocycles. The molecule has 1 aliphatic carbocycles. The standard InChI is InChI=1S/C10H10Br2N2O3/c11-5-10(1-2-10)6-13-4-7(14(16)17)3-8(12)9(13)15/h3-4H,1-2,5-6H2. The van der Waals surface area contributed by atoms with Crippen molar-refractivity contribution in [3.63, 3.8) is 0 Å². The van der Waals surface area contributed by atoms with Crippen LogP contribution in [0.3, 0.4) is 0 Å². The molecule has 1 aromatic heterocycles. The minimum atomic E-state index is -0.492. The van der Waals surface area contributed by atoms with Crippen LogP contribution in [0.5, 0.6) is 0 Å². The quantitative estimate of drug-likeness (QED) is 0.468. The SMILES string of the molecule is O=c1c(Br)cc([N+](=O)[O-])cn1CC1(CBr)CC1. The molecular formula is C10H10Br2N2O3. The van der Waals surface area contributed by atoms with Gasteiger partial charge in [-0.25, -0.2) is 0 Å². The highest BCUT2D eigenvalue weighted by molar-refractivity contribution is 9.10. The number of nitrogens with zero attached hydrogens (tertiary/aromatic N) is 2.